The van der Waals surface area contributed by atoms with E-state index in [9.17, 15) is 0 Å². The van der Waals surface area contributed by atoms with Crippen molar-refractivity contribution in [1.29, 1.82) is 0 Å². The Kier molecular flexibility index (Phi) is 5.15. The van der Waals surface area contributed by atoms with Crippen molar-refractivity contribution >= 4 is 23.5 Å². The molecule has 0 bridgehead atoms. The van der Waals surface area contributed by atoms with Crippen molar-refractivity contribution < 1.29 is 0 Å². The number of hydrazine groups is 1. The van der Waals surface area contributed by atoms with E-state index in [1.807, 2.05) is 34.4 Å². The molecule has 0 saturated carbocycles. The Morgan fingerprint density at radius 1 is 1.65 bits per heavy atom. The first-order valence-electron chi connectivity index (χ1n) is 5.90. The van der Waals surface area contributed by atoms with E-state index in [-0.39, 0.29) is 6.04 Å². The Morgan fingerprint density at radius 2 is 2.53 bits per heavy atom. The predicted octanol–water partition coefficient (Wildman–Crippen LogP) is 1.04. The molecule has 1 aliphatic heterocycles. The lowest BCUT2D eigenvalue weighted by atomic mass is 10.1. The van der Waals surface area contributed by atoms with Gasteiger partial charge < -0.3 is 0 Å². The predicted molar refractivity (Wildman–Crippen MR) is 73.9 cm³/mol. The fraction of sp³-hybridized carbons (Fsp3) is 0.800. The second kappa shape index (κ2) is 6.63. The molecule has 0 aliphatic carbocycles. The summed E-state index contributed by atoms with van der Waals surface area (Å²) in [7, 11) is 0. The zero-order chi connectivity index (χ0) is 12.1. The van der Waals surface area contributed by atoms with Gasteiger partial charge in [-0.3, -0.25) is 11.3 Å². The van der Waals surface area contributed by atoms with Gasteiger partial charge in [-0.1, -0.05) is 12.1 Å². The number of nitrogens with zero attached hydrogens (tertiary/aromatic N) is 3. The van der Waals surface area contributed by atoms with Crippen LogP contribution in [0.15, 0.2) is 6.20 Å². The summed E-state index contributed by atoms with van der Waals surface area (Å²) in [6, 6.07) is 0.148. The van der Waals surface area contributed by atoms with Crippen molar-refractivity contribution in [2.75, 3.05) is 17.3 Å². The number of rotatable bonds is 5. The van der Waals surface area contributed by atoms with Gasteiger partial charge in [0.1, 0.15) is 0 Å². The van der Waals surface area contributed by atoms with Crippen molar-refractivity contribution in [2.24, 2.45) is 5.84 Å². The average molecular weight is 273 g/mol. The molecule has 0 radical (unpaired) electrons. The number of hydrogen-bond acceptors (Lipinski definition) is 6. The number of hydrogen-bond donors (Lipinski definition) is 2. The van der Waals surface area contributed by atoms with Crippen LogP contribution in [0.1, 0.15) is 25.1 Å². The zero-order valence-corrected chi connectivity index (χ0v) is 11.6. The van der Waals surface area contributed by atoms with Crippen molar-refractivity contribution in [3.8, 4) is 0 Å². The first kappa shape index (κ1) is 13.2. The molecule has 1 aliphatic rings. The molecular weight excluding hydrogens is 254 g/mol. The smallest absolute Gasteiger partial charge is 0.0781 e. The van der Waals surface area contributed by atoms with E-state index in [1.54, 1.807) is 0 Å². The second-order valence-electron chi connectivity index (χ2n) is 4.01. The molecule has 2 rings (SSSR count). The molecule has 0 spiro atoms. The van der Waals surface area contributed by atoms with Crippen molar-refractivity contribution in [1.82, 2.24) is 20.4 Å². The number of aromatic nitrogens is 3. The van der Waals surface area contributed by atoms with E-state index in [0.717, 1.165) is 24.4 Å². The number of thioether (sulfide) groups is 2. The van der Waals surface area contributed by atoms with Gasteiger partial charge in [0.2, 0.25) is 0 Å². The molecule has 1 saturated heterocycles. The van der Waals surface area contributed by atoms with Gasteiger partial charge in [0.05, 0.1) is 17.9 Å². The minimum atomic E-state index is 0.148. The van der Waals surface area contributed by atoms with Crippen molar-refractivity contribution in [2.45, 2.75) is 31.2 Å². The molecule has 1 fully saturated rings. The molecule has 2 heterocycles. The monoisotopic (exact) mass is 273 g/mol. The van der Waals surface area contributed by atoms with E-state index in [2.05, 4.69) is 22.7 Å². The van der Waals surface area contributed by atoms with Gasteiger partial charge in [-0.05, 0) is 6.42 Å². The summed E-state index contributed by atoms with van der Waals surface area (Å²) in [6.45, 7) is 3.04. The van der Waals surface area contributed by atoms with E-state index in [4.69, 9.17) is 5.84 Å². The third-order valence-electron chi connectivity index (χ3n) is 2.79. The van der Waals surface area contributed by atoms with Crippen LogP contribution in [-0.4, -0.2) is 37.5 Å². The van der Waals surface area contributed by atoms with Gasteiger partial charge >= 0.3 is 0 Å². The standard InChI is InChI=1S/C10H19N5S2/c1-2-3-15-8(6-12-14-15)10(13-11)9-7-16-4-5-17-9/h6,9-10,13H,2-5,7,11H2,1H3. The maximum atomic E-state index is 5.72. The van der Waals surface area contributed by atoms with Crippen molar-refractivity contribution in [3.63, 3.8) is 0 Å². The minimum Gasteiger partial charge on any atom is -0.271 e. The molecule has 1 aromatic heterocycles. The molecule has 5 nitrogen and oxygen atoms in total. The maximum absolute atomic E-state index is 5.72. The van der Waals surface area contributed by atoms with Crippen LogP contribution in [0, 0.1) is 0 Å². The van der Waals surface area contributed by atoms with E-state index < -0.39 is 0 Å². The Labute approximate surface area is 110 Å². The first-order chi connectivity index (χ1) is 8.36. The Balaban J connectivity index is 2.12. The summed E-state index contributed by atoms with van der Waals surface area (Å²) in [5.74, 6) is 9.29. The zero-order valence-electron chi connectivity index (χ0n) is 10.0. The first-order valence-corrected chi connectivity index (χ1v) is 8.11. The van der Waals surface area contributed by atoms with E-state index >= 15 is 0 Å². The lowest BCUT2D eigenvalue weighted by molar-refractivity contribution is 0.474. The molecule has 1 aromatic rings. The third-order valence-corrected chi connectivity index (χ3v) is 5.66. The van der Waals surface area contributed by atoms with Gasteiger partial charge in [-0.2, -0.15) is 23.5 Å². The van der Waals surface area contributed by atoms with Gasteiger partial charge in [0.15, 0.2) is 0 Å². The van der Waals surface area contributed by atoms with Crippen LogP contribution < -0.4 is 11.3 Å². The van der Waals surface area contributed by atoms with E-state index in [0.29, 0.717) is 5.25 Å². The highest BCUT2D eigenvalue weighted by Gasteiger charge is 2.27. The molecule has 0 aromatic carbocycles. The van der Waals surface area contributed by atoms with Crippen molar-refractivity contribution in [3.05, 3.63) is 11.9 Å². The van der Waals surface area contributed by atoms with Crippen LogP contribution >= 0.6 is 23.5 Å². The molecular formula is C10H19N5S2. The number of nitrogens with two attached hydrogens (primary N) is 1. The molecule has 2 unspecified atom stereocenters. The van der Waals surface area contributed by atoms with Gasteiger partial charge in [-0.15, -0.1) is 5.10 Å². The highest BCUT2D eigenvalue weighted by molar-refractivity contribution is 8.06. The normalized spacial score (nSPS) is 22.6. The van der Waals surface area contributed by atoms with Gasteiger partial charge in [0.25, 0.3) is 0 Å². The van der Waals surface area contributed by atoms with Crippen LogP contribution in [0.3, 0.4) is 0 Å². The average Bonchev–Trinajstić information content (AvgIpc) is 2.81. The summed E-state index contributed by atoms with van der Waals surface area (Å²) >= 11 is 3.99. The molecule has 2 atom stereocenters. The molecule has 0 amide bonds. The van der Waals surface area contributed by atoms with Crippen LogP contribution in [0.5, 0.6) is 0 Å². The Hall–Kier alpha value is -0.240. The van der Waals surface area contributed by atoms with Crippen LogP contribution in [0.25, 0.3) is 0 Å². The Morgan fingerprint density at radius 3 is 3.18 bits per heavy atom. The lowest BCUT2D eigenvalue weighted by Crippen LogP contribution is -2.39. The topological polar surface area (TPSA) is 68.8 Å². The summed E-state index contributed by atoms with van der Waals surface area (Å²) in [5.41, 5.74) is 4.04. The Bertz CT molecular complexity index is 337. The summed E-state index contributed by atoms with van der Waals surface area (Å²) in [4.78, 5) is 0. The maximum Gasteiger partial charge on any atom is 0.0781 e. The highest BCUT2D eigenvalue weighted by atomic mass is 32.2. The minimum absolute atomic E-state index is 0.148. The van der Waals surface area contributed by atoms with Crippen LogP contribution in [0.2, 0.25) is 0 Å². The molecule has 3 N–H and O–H groups in total. The van der Waals surface area contributed by atoms with Crippen LogP contribution in [0.4, 0.5) is 0 Å². The molecule has 7 heteroatoms. The van der Waals surface area contributed by atoms with Gasteiger partial charge in [0, 0.05) is 29.1 Å². The highest BCUT2D eigenvalue weighted by Crippen LogP contribution is 2.32. The summed E-state index contributed by atoms with van der Waals surface area (Å²) in [6.07, 6.45) is 2.89. The molecule has 96 valence electrons. The largest absolute Gasteiger partial charge is 0.271 e. The van der Waals surface area contributed by atoms with Crippen LogP contribution in [-0.2, 0) is 6.54 Å². The fourth-order valence-electron chi connectivity index (χ4n) is 1.97. The van der Waals surface area contributed by atoms with E-state index in [1.165, 1.54) is 11.5 Å². The summed E-state index contributed by atoms with van der Waals surface area (Å²) in [5, 5.41) is 8.64. The molecule has 17 heavy (non-hydrogen) atoms. The summed E-state index contributed by atoms with van der Waals surface area (Å²) < 4.78 is 1.96. The quantitative estimate of drug-likeness (QED) is 0.617. The fourth-order valence-corrected chi connectivity index (χ4v) is 4.81. The van der Waals surface area contributed by atoms with Gasteiger partial charge in [-0.25, -0.2) is 4.68 Å². The second-order valence-corrected chi connectivity index (χ2v) is 6.51. The SMILES string of the molecule is CCCn1nncc1C(NN)C1CSCCS1. The lowest BCUT2D eigenvalue weighted by Gasteiger charge is -2.28. The third kappa shape index (κ3) is 3.15. The number of aryl methyl sites for hydroxylation is 1. The number of nitrogens with one attached hydrogen (secondary N) is 1.